The van der Waals surface area contributed by atoms with Gasteiger partial charge < -0.3 is 10.0 Å². The summed E-state index contributed by atoms with van der Waals surface area (Å²) in [5, 5.41) is 8.79. The molecular formula is C16H29NO2. The van der Waals surface area contributed by atoms with E-state index in [1.807, 2.05) is 0 Å². The second-order valence-electron chi connectivity index (χ2n) is 6.56. The first-order chi connectivity index (χ1) is 9.24. The zero-order valence-corrected chi connectivity index (χ0v) is 12.1. The molecule has 3 heteroatoms. The van der Waals surface area contributed by atoms with Crippen LogP contribution in [0.4, 0.5) is 0 Å². The lowest BCUT2D eigenvalue weighted by molar-refractivity contribution is -0.137. The molecule has 0 radical (unpaired) electrons. The van der Waals surface area contributed by atoms with Crippen molar-refractivity contribution in [1.29, 1.82) is 0 Å². The monoisotopic (exact) mass is 267 g/mol. The van der Waals surface area contributed by atoms with Gasteiger partial charge in [0.05, 0.1) is 0 Å². The van der Waals surface area contributed by atoms with Gasteiger partial charge in [0.15, 0.2) is 0 Å². The molecule has 1 atom stereocenters. The van der Waals surface area contributed by atoms with Crippen molar-refractivity contribution in [2.45, 2.75) is 64.2 Å². The molecule has 1 N–H and O–H groups in total. The molecule has 1 saturated heterocycles. The molecule has 0 aromatic heterocycles. The molecule has 2 aliphatic rings. The van der Waals surface area contributed by atoms with Crippen molar-refractivity contribution >= 4 is 5.97 Å². The van der Waals surface area contributed by atoms with Crippen LogP contribution in [0.3, 0.4) is 0 Å². The predicted octanol–water partition coefficient (Wildman–Crippen LogP) is 3.53. The third-order valence-electron chi connectivity index (χ3n) is 4.86. The van der Waals surface area contributed by atoms with Gasteiger partial charge in [0, 0.05) is 19.5 Å². The summed E-state index contributed by atoms with van der Waals surface area (Å²) in [6.45, 7) is 3.65. The van der Waals surface area contributed by atoms with E-state index in [2.05, 4.69) is 4.90 Å². The highest BCUT2D eigenvalue weighted by Gasteiger charge is 2.23. The van der Waals surface area contributed by atoms with Crippen LogP contribution >= 0.6 is 0 Å². The van der Waals surface area contributed by atoms with Gasteiger partial charge in [-0.05, 0) is 50.5 Å². The fourth-order valence-corrected chi connectivity index (χ4v) is 3.79. The van der Waals surface area contributed by atoms with Crippen LogP contribution in [0.5, 0.6) is 0 Å². The Balaban J connectivity index is 1.72. The van der Waals surface area contributed by atoms with E-state index < -0.39 is 5.97 Å². The smallest absolute Gasteiger partial charge is 0.303 e. The van der Waals surface area contributed by atoms with Gasteiger partial charge in [-0.3, -0.25) is 4.79 Å². The Kier molecular flexibility index (Phi) is 6.15. The molecule has 1 heterocycles. The first-order valence-electron chi connectivity index (χ1n) is 8.18. The number of nitrogens with zero attached hydrogens (tertiary/aromatic N) is 1. The van der Waals surface area contributed by atoms with E-state index in [1.165, 1.54) is 64.5 Å². The van der Waals surface area contributed by atoms with Crippen LogP contribution in [0.25, 0.3) is 0 Å². The minimum absolute atomic E-state index is 0.349. The Bertz CT molecular complexity index is 272. The standard InChI is InChI=1S/C16H29NO2/c18-16(19)10-9-15-8-5-11-17(13-15)12-14-6-3-1-2-4-7-14/h14-15H,1-13H2,(H,18,19). The van der Waals surface area contributed by atoms with Gasteiger partial charge in [-0.25, -0.2) is 0 Å². The number of hydrogen-bond acceptors (Lipinski definition) is 2. The molecule has 0 spiro atoms. The maximum absolute atomic E-state index is 10.7. The van der Waals surface area contributed by atoms with Crippen LogP contribution in [-0.4, -0.2) is 35.6 Å². The SMILES string of the molecule is O=C(O)CCC1CCCN(CC2CCCCCC2)C1. The number of carboxylic acids is 1. The maximum Gasteiger partial charge on any atom is 0.303 e. The van der Waals surface area contributed by atoms with E-state index in [1.54, 1.807) is 0 Å². The average molecular weight is 267 g/mol. The van der Waals surface area contributed by atoms with E-state index in [-0.39, 0.29) is 0 Å². The molecule has 0 amide bonds. The summed E-state index contributed by atoms with van der Waals surface area (Å²) in [5.41, 5.74) is 0. The van der Waals surface area contributed by atoms with Gasteiger partial charge >= 0.3 is 5.97 Å². The second-order valence-corrected chi connectivity index (χ2v) is 6.56. The third-order valence-corrected chi connectivity index (χ3v) is 4.86. The summed E-state index contributed by atoms with van der Waals surface area (Å²) in [5.74, 6) is 0.886. The molecular weight excluding hydrogens is 238 g/mol. The zero-order chi connectivity index (χ0) is 13.5. The predicted molar refractivity (Wildman–Crippen MR) is 77.2 cm³/mol. The van der Waals surface area contributed by atoms with Gasteiger partial charge in [-0.1, -0.05) is 25.7 Å². The largest absolute Gasteiger partial charge is 0.481 e. The van der Waals surface area contributed by atoms with Gasteiger partial charge in [-0.2, -0.15) is 0 Å². The summed E-state index contributed by atoms with van der Waals surface area (Å²) >= 11 is 0. The Hall–Kier alpha value is -0.570. The van der Waals surface area contributed by atoms with Crippen molar-refractivity contribution in [3.8, 4) is 0 Å². The number of hydrogen-bond donors (Lipinski definition) is 1. The Morgan fingerprint density at radius 3 is 2.37 bits per heavy atom. The maximum atomic E-state index is 10.7. The third kappa shape index (κ3) is 5.52. The normalized spacial score (nSPS) is 27.1. The van der Waals surface area contributed by atoms with E-state index >= 15 is 0 Å². The molecule has 1 aliphatic carbocycles. The fourth-order valence-electron chi connectivity index (χ4n) is 3.79. The number of piperidine rings is 1. The van der Waals surface area contributed by atoms with E-state index in [0.717, 1.165) is 18.9 Å². The van der Waals surface area contributed by atoms with Crippen molar-refractivity contribution in [3.63, 3.8) is 0 Å². The molecule has 1 aliphatic heterocycles. The van der Waals surface area contributed by atoms with Crippen molar-refractivity contribution in [3.05, 3.63) is 0 Å². The molecule has 0 aromatic carbocycles. The number of carboxylic acid groups (broad SMARTS) is 1. The highest BCUT2D eigenvalue weighted by atomic mass is 16.4. The van der Waals surface area contributed by atoms with Crippen LogP contribution in [0, 0.1) is 11.8 Å². The van der Waals surface area contributed by atoms with Crippen LogP contribution in [-0.2, 0) is 4.79 Å². The lowest BCUT2D eigenvalue weighted by Crippen LogP contribution is -2.38. The first kappa shape index (κ1) is 14.8. The topological polar surface area (TPSA) is 40.5 Å². The molecule has 1 saturated carbocycles. The molecule has 2 rings (SSSR count). The summed E-state index contributed by atoms with van der Waals surface area (Å²) < 4.78 is 0. The number of rotatable bonds is 5. The number of carbonyl (C=O) groups is 1. The molecule has 110 valence electrons. The van der Waals surface area contributed by atoms with E-state index in [4.69, 9.17) is 5.11 Å². The van der Waals surface area contributed by atoms with Crippen molar-refractivity contribution in [1.82, 2.24) is 4.90 Å². The van der Waals surface area contributed by atoms with Crippen molar-refractivity contribution in [2.75, 3.05) is 19.6 Å². The number of likely N-dealkylation sites (tertiary alicyclic amines) is 1. The zero-order valence-electron chi connectivity index (χ0n) is 12.1. The summed E-state index contributed by atoms with van der Waals surface area (Å²) in [6.07, 6.45) is 12.2. The van der Waals surface area contributed by atoms with Gasteiger partial charge in [-0.15, -0.1) is 0 Å². The van der Waals surface area contributed by atoms with Crippen molar-refractivity contribution in [2.24, 2.45) is 11.8 Å². The second kappa shape index (κ2) is 7.88. The van der Waals surface area contributed by atoms with Gasteiger partial charge in [0.2, 0.25) is 0 Å². The van der Waals surface area contributed by atoms with Crippen LogP contribution in [0.1, 0.15) is 64.2 Å². The lowest BCUT2D eigenvalue weighted by atomic mass is 9.91. The van der Waals surface area contributed by atoms with E-state index in [0.29, 0.717) is 12.3 Å². The quantitative estimate of drug-likeness (QED) is 0.775. The molecule has 2 fully saturated rings. The Morgan fingerprint density at radius 2 is 1.68 bits per heavy atom. The summed E-state index contributed by atoms with van der Waals surface area (Å²) in [4.78, 5) is 13.3. The average Bonchev–Trinajstić information content (AvgIpc) is 2.65. The van der Waals surface area contributed by atoms with Crippen molar-refractivity contribution < 1.29 is 9.90 Å². The van der Waals surface area contributed by atoms with Crippen LogP contribution in [0.15, 0.2) is 0 Å². The van der Waals surface area contributed by atoms with E-state index in [9.17, 15) is 4.79 Å². The number of aliphatic carboxylic acids is 1. The van der Waals surface area contributed by atoms with Gasteiger partial charge in [0.25, 0.3) is 0 Å². The minimum Gasteiger partial charge on any atom is -0.481 e. The molecule has 0 bridgehead atoms. The summed E-state index contributed by atoms with van der Waals surface area (Å²) in [7, 11) is 0. The van der Waals surface area contributed by atoms with Crippen LogP contribution < -0.4 is 0 Å². The first-order valence-corrected chi connectivity index (χ1v) is 8.18. The van der Waals surface area contributed by atoms with Gasteiger partial charge in [0.1, 0.15) is 0 Å². The highest BCUT2D eigenvalue weighted by Crippen LogP contribution is 2.27. The molecule has 19 heavy (non-hydrogen) atoms. The molecule has 1 unspecified atom stereocenters. The molecule has 3 nitrogen and oxygen atoms in total. The Labute approximate surface area is 117 Å². The highest BCUT2D eigenvalue weighted by molar-refractivity contribution is 5.66. The minimum atomic E-state index is -0.638. The van der Waals surface area contributed by atoms with Crippen LogP contribution in [0.2, 0.25) is 0 Å². The molecule has 0 aromatic rings. The Morgan fingerprint density at radius 1 is 1.00 bits per heavy atom. The lowest BCUT2D eigenvalue weighted by Gasteiger charge is -2.34. The fraction of sp³-hybridized carbons (Fsp3) is 0.938. The summed E-state index contributed by atoms with van der Waals surface area (Å²) in [6, 6.07) is 0.